The standard InChI is InChI=1S/C18H12F4N2O2.C8H10N2O2/c19-13-6-5-10(18(20,21)22)8-14(13)24-17(26)12-7-9-3-1-2-4-11(9)15(23)16(12)25;1-12-7-3-2-5(8(10)11)4-6(7)9/h1-8,25H,23H2,(H,24,26);2-4H,9H2,1H3,(H2,10,11). The van der Waals surface area contributed by atoms with Crippen LogP contribution in [0.3, 0.4) is 0 Å². The number of benzene rings is 4. The van der Waals surface area contributed by atoms with Gasteiger partial charge in [-0.2, -0.15) is 13.2 Å². The fourth-order valence-corrected chi connectivity index (χ4v) is 3.41. The van der Waals surface area contributed by atoms with Gasteiger partial charge in [-0.25, -0.2) is 4.39 Å². The van der Waals surface area contributed by atoms with Crippen molar-refractivity contribution in [3.05, 3.63) is 89.2 Å². The molecule has 0 aliphatic rings. The number of phenols is 1. The molecule has 0 fully saturated rings. The first-order valence-electron chi connectivity index (χ1n) is 10.7. The van der Waals surface area contributed by atoms with Crippen LogP contribution in [-0.4, -0.2) is 24.0 Å². The number of nitrogens with one attached hydrogen (secondary N) is 1. The summed E-state index contributed by atoms with van der Waals surface area (Å²) >= 11 is 0. The number of hydrogen-bond acceptors (Lipinski definition) is 6. The zero-order chi connectivity index (χ0) is 28.2. The number of anilines is 3. The molecule has 38 heavy (non-hydrogen) atoms. The van der Waals surface area contributed by atoms with Crippen LogP contribution in [0.15, 0.2) is 66.7 Å². The summed E-state index contributed by atoms with van der Waals surface area (Å²) in [4.78, 5) is 23.0. The van der Waals surface area contributed by atoms with E-state index in [2.05, 4.69) is 0 Å². The second-order valence-electron chi connectivity index (χ2n) is 7.88. The number of rotatable bonds is 4. The van der Waals surface area contributed by atoms with Crippen LogP contribution in [0.4, 0.5) is 34.6 Å². The fourth-order valence-electron chi connectivity index (χ4n) is 3.41. The number of aromatic hydroxyl groups is 1. The quantitative estimate of drug-likeness (QED) is 0.143. The maximum absolute atomic E-state index is 13.8. The first-order valence-corrected chi connectivity index (χ1v) is 10.7. The van der Waals surface area contributed by atoms with Crippen LogP contribution in [-0.2, 0) is 6.18 Å². The van der Waals surface area contributed by atoms with E-state index in [9.17, 15) is 32.3 Å². The van der Waals surface area contributed by atoms with E-state index in [4.69, 9.17) is 21.9 Å². The Morgan fingerprint density at radius 3 is 2.26 bits per heavy atom. The number of carbonyl (C=O) groups is 2. The number of phenolic OH excluding ortho intramolecular Hbond substituents is 1. The molecular weight excluding hydrogens is 508 g/mol. The number of amides is 2. The Kier molecular flexibility index (Phi) is 7.95. The van der Waals surface area contributed by atoms with Crippen molar-refractivity contribution in [1.29, 1.82) is 0 Å². The van der Waals surface area contributed by atoms with Gasteiger partial charge in [-0.15, -0.1) is 0 Å². The first kappa shape index (κ1) is 27.6. The molecule has 4 rings (SSSR count). The van der Waals surface area contributed by atoms with Crippen molar-refractivity contribution in [2.75, 3.05) is 23.9 Å². The van der Waals surface area contributed by atoms with E-state index in [1.165, 1.54) is 19.2 Å². The van der Waals surface area contributed by atoms with E-state index < -0.39 is 40.8 Å². The van der Waals surface area contributed by atoms with Crippen molar-refractivity contribution in [2.24, 2.45) is 5.73 Å². The summed E-state index contributed by atoms with van der Waals surface area (Å²) in [6.45, 7) is 0. The van der Waals surface area contributed by atoms with Crippen molar-refractivity contribution in [3.8, 4) is 11.5 Å². The monoisotopic (exact) mass is 530 g/mol. The Morgan fingerprint density at radius 2 is 1.66 bits per heavy atom. The second kappa shape index (κ2) is 10.9. The van der Waals surface area contributed by atoms with Crippen LogP contribution in [0, 0.1) is 5.82 Å². The molecule has 2 amide bonds. The van der Waals surface area contributed by atoms with Gasteiger partial charge in [0.05, 0.1) is 35.3 Å². The van der Waals surface area contributed by atoms with E-state index in [1.54, 1.807) is 36.4 Å². The van der Waals surface area contributed by atoms with Crippen LogP contribution in [0.5, 0.6) is 11.5 Å². The SMILES string of the molecule is COc1ccc(C(N)=O)cc1N.Nc1c(O)c(C(=O)Nc2cc(C(F)(F)F)ccc2F)cc2ccccc12. The van der Waals surface area contributed by atoms with Crippen LogP contribution < -0.4 is 27.3 Å². The molecule has 12 heteroatoms. The zero-order valence-corrected chi connectivity index (χ0v) is 19.8. The number of nitrogen functional groups attached to an aromatic ring is 2. The Morgan fingerprint density at radius 1 is 0.974 bits per heavy atom. The number of carbonyl (C=O) groups excluding carboxylic acids is 2. The maximum Gasteiger partial charge on any atom is 0.416 e. The highest BCUT2D eigenvalue weighted by Gasteiger charge is 2.31. The molecule has 0 unspecified atom stereocenters. The topological polar surface area (TPSA) is 154 Å². The molecule has 4 aromatic rings. The third-order valence-corrected chi connectivity index (χ3v) is 5.36. The van der Waals surface area contributed by atoms with E-state index in [0.717, 1.165) is 0 Å². The number of methoxy groups -OCH3 is 1. The molecule has 0 saturated carbocycles. The van der Waals surface area contributed by atoms with Gasteiger partial charge in [0.25, 0.3) is 5.91 Å². The molecule has 0 spiro atoms. The van der Waals surface area contributed by atoms with Gasteiger partial charge in [0.2, 0.25) is 5.91 Å². The van der Waals surface area contributed by atoms with Crippen LogP contribution in [0.2, 0.25) is 0 Å². The lowest BCUT2D eigenvalue weighted by Crippen LogP contribution is -2.15. The number of ether oxygens (including phenoxy) is 1. The van der Waals surface area contributed by atoms with Crippen molar-refractivity contribution >= 4 is 39.6 Å². The molecule has 0 aromatic heterocycles. The number of halogens is 4. The highest BCUT2D eigenvalue weighted by molar-refractivity contribution is 6.12. The smallest absolute Gasteiger partial charge is 0.416 e. The second-order valence-corrected chi connectivity index (χ2v) is 7.88. The summed E-state index contributed by atoms with van der Waals surface area (Å²) in [6.07, 6.45) is -4.69. The third kappa shape index (κ3) is 6.03. The van der Waals surface area contributed by atoms with E-state index in [1.807, 2.05) is 5.32 Å². The van der Waals surface area contributed by atoms with Crippen molar-refractivity contribution < 1.29 is 37.0 Å². The van der Waals surface area contributed by atoms with Crippen LogP contribution in [0.25, 0.3) is 10.8 Å². The van der Waals surface area contributed by atoms with E-state index in [-0.39, 0.29) is 11.3 Å². The Bertz CT molecular complexity index is 1520. The molecule has 4 aromatic carbocycles. The molecule has 0 atom stereocenters. The van der Waals surface area contributed by atoms with Crippen molar-refractivity contribution in [2.45, 2.75) is 6.18 Å². The number of nitrogens with two attached hydrogens (primary N) is 3. The minimum Gasteiger partial charge on any atom is -0.505 e. The van der Waals surface area contributed by atoms with Crippen LogP contribution >= 0.6 is 0 Å². The number of hydrogen-bond donors (Lipinski definition) is 5. The number of alkyl halides is 3. The fraction of sp³-hybridized carbons (Fsp3) is 0.0769. The van der Waals surface area contributed by atoms with Crippen molar-refractivity contribution in [1.82, 2.24) is 0 Å². The first-order chi connectivity index (χ1) is 17.8. The maximum atomic E-state index is 13.8. The lowest BCUT2D eigenvalue weighted by Gasteiger charge is -2.13. The van der Waals surface area contributed by atoms with Gasteiger partial charge in [-0.3, -0.25) is 9.59 Å². The lowest BCUT2D eigenvalue weighted by molar-refractivity contribution is -0.137. The molecule has 8 N–H and O–H groups in total. The summed E-state index contributed by atoms with van der Waals surface area (Å²) in [6, 6.07) is 14.3. The minimum atomic E-state index is -4.69. The summed E-state index contributed by atoms with van der Waals surface area (Å²) in [7, 11) is 1.51. The molecule has 0 aliphatic heterocycles. The molecular formula is C26H22F4N4O4. The third-order valence-electron chi connectivity index (χ3n) is 5.36. The summed E-state index contributed by atoms with van der Waals surface area (Å²) in [5, 5.41) is 13.2. The van der Waals surface area contributed by atoms with Gasteiger partial charge in [-0.1, -0.05) is 24.3 Å². The summed E-state index contributed by atoms with van der Waals surface area (Å²) in [5.74, 6) is -2.52. The molecule has 0 saturated heterocycles. The van der Waals surface area contributed by atoms with E-state index >= 15 is 0 Å². The van der Waals surface area contributed by atoms with Gasteiger partial charge in [-0.05, 0) is 47.9 Å². The molecule has 0 radical (unpaired) electrons. The van der Waals surface area contributed by atoms with Gasteiger partial charge in [0.1, 0.15) is 11.6 Å². The predicted molar refractivity (Wildman–Crippen MR) is 135 cm³/mol. The largest absolute Gasteiger partial charge is 0.505 e. The highest BCUT2D eigenvalue weighted by atomic mass is 19.4. The average molecular weight is 530 g/mol. The number of fused-ring (bicyclic) bond motifs is 1. The van der Waals surface area contributed by atoms with Gasteiger partial charge < -0.3 is 32.4 Å². The summed E-state index contributed by atoms with van der Waals surface area (Å²) < 4.78 is 57.0. The van der Waals surface area contributed by atoms with Gasteiger partial charge >= 0.3 is 6.18 Å². The van der Waals surface area contributed by atoms with Gasteiger partial charge in [0.15, 0.2) is 5.75 Å². The molecule has 198 valence electrons. The lowest BCUT2D eigenvalue weighted by atomic mass is 10.0. The molecule has 8 nitrogen and oxygen atoms in total. The predicted octanol–water partition coefficient (Wildman–Crippen LogP) is 4.91. The van der Waals surface area contributed by atoms with Crippen LogP contribution in [0.1, 0.15) is 26.3 Å². The van der Waals surface area contributed by atoms with Gasteiger partial charge in [0, 0.05) is 10.9 Å². The average Bonchev–Trinajstić information content (AvgIpc) is 2.87. The molecule has 0 bridgehead atoms. The Labute approximate surface area is 213 Å². The highest BCUT2D eigenvalue weighted by Crippen LogP contribution is 2.35. The van der Waals surface area contributed by atoms with E-state index in [0.29, 0.717) is 46.0 Å². The Balaban J connectivity index is 0.000000279. The zero-order valence-electron chi connectivity index (χ0n) is 19.8. The molecule has 0 heterocycles. The van der Waals surface area contributed by atoms with Crippen molar-refractivity contribution in [3.63, 3.8) is 0 Å². The molecule has 0 aliphatic carbocycles. The normalized spacial score (nSPS) is 10.9. The Hall–Kier alpha value is -5.00. The summed E-state index contributed by atoms with van der Waals surface area (Å²) in [5.41, 5.74) is 15.1. The minimum absolute atomic E-state index is 0.0576. The number of primary amides is 1.